The number of nitrogens with zero attached hydrogens (tertiary/aromatic N) is 1. The Labute approximate surface area is 133 Å². The normalized spacial score (nSPS) is 13.8. The molecule has 0 aliphatic carbocycles. The van der Waals surface area contributed by atoms with E-state index in [0.29, 0.717) is 16.9 Å². The molecule has 23 heavy (non-hydrogen) atoms. The van der Waals surface area contributed by atoms with Crippen molar-refractivity contribution in [3.63, 3.8) is 0 Å². The first-order valence-corrected chi connectivity index (χ1v) is 8.41. The molecule has 3 rings (SSSR count). The predicted octanol–water partition coefficient (Wildman–Crippen LogP) is 1.92. The van der Waals surface area contributed by atoms with E-state index in [2.05, 4.69) is 4.72 Å². The monoisotopic (exact) mass is 330 g/mol. The summed E-state index contributed by atoms with van der Waals surface area (Å²) >= 11 is 0. The Hall–Kier alpha value is -2.67. The van der Waals surface area contributed by atoms with Crippen LogP contribution >= 0.6 is 0 Å². The van der Waals surface area contributed by atoms with Crippen molar-refractivity contribution < 1.29 is 18.0 Å². The quantitative estimate of drug-likeness (QED) is 0.932. The molecular weight excluding hydrogens is 316 g/mol. The first kappa shape index (κ1) is 15.2. The highest BCUT2D eigenvalue weighted by Crippen LogP contribution is 2.32. The molecule has 2 aromatic rings. The van der Waals surface area contributed by atoms with E-state index in [9.17, 15) is 18.0 Å². The van der Waals surface area contributed by atoms with Gasteiger partial charge in [0.05, 0.1) is 17.0 Å². The third kappa shape index (κ3) is 2.83. The van der Waals surface area contributed by atoms with Crippen molar-refractivity contribution in [3.05, 3.63) is 54.1 Å². The van der Waals surface area contributed by atoms with E-state index >= 15 is 0 Å². The van der Waals surface area contributed by atoms with Gasteiger partial charge in [-0.3, -0.25) is 19.2 Å². The van der Waals surface area contributed by atoms with Gasteiger partial charge in [-0.05, 0) is 35.9 Å². The van der Waals surface area contributed by atoms with Crippen molar-refractivity contribution in [1.82, 2.24) is 0 Å². The topological polar surface area (TPSA) is 83.6 Å². The molecule has 0 bridgehead atoms. The van der Waals surface area contributed by atoms with Crippen LogP contribution in [0.1, 0.15) is 12.5 Å². The summed E-state index contributed by atoms with van der Waals surface area (Å²) in [6.07, 6.45) is 0.0792. The van der Waals surface area contributed by atoms with Crippen LogP contribution in [-0.4, -0.2) is 20.2 Å². The second-order valence-corrected chi connectivity index (χ2v) is 6.87. The van der Waals surface area contributed by atoms with Crippen molar-refractivity contribution >= 4 is 33.2 Å². The van der Waals surface area contributed by atoms with Crippen molar-refractivity contribution in [2.24, 2.45) is 0 Å². The van der Waals surface area contributed by atoms with Gasteiger partial charge in [0, 0.05) is 12.6 Å². The lowest BCUT2D eigenvalue weighted by Crippen LogP contribution is -2.31. The number of hydrogen-bond acceptors (Lipinski definition) is 4. The summed E-state index contributed by atoms with van der Waals surface area (Å²) < 4.78 is 27.1. The van der Waals surface area contributed by atoms with Gasteiger partial charge in [-0.1, -0.05) is 18.2 Å². The van der Waals surface area contributed by atoms with Crippen LogP contribution in [0.25, 0.3) is 0 Å². The van der Waals surface area contributed by atoms with Gasteiger partial charge >= 0.3 is 0 Å². The number of rotatable bonds is 3. The molecule has 0 saturated carbocycles. The number of nitrogens with one attached hydrogen (secondary N) is 1. The molecule has 0 radical (unpaired) electrons. The van der Waals surface area contributed by atoms with Gasteiger partial charge in [-0.25, -0.2) is 8.42 Å². The van der Waals surface area contributed by atoms with Crippen LogP contribution in [0.4, 0.5) is 11.4 Å². The zero-order chi connectivity index (χ0) is 16.6. The molecule has 1 aliphatic heterocycles. The van der Waals surface area contributed by atoms with E-state index in [1.165, 1.54) is 25.1 Å². The SMILES string of the molecule is CC(=O)N1C(=O)Cc2cc(NS(=O)(=O)c3ccccc3)ccc21. The smallest absolute Gasteiger partial charge is 0.261 e. The van der Waals surface area contributed by atoms with Gasteiger partial charge < -0.3 is 0 Å². The van der Waals surface area contributed by atoms with Crippen molar-refractivity contribution in [2.45, 2.75) is 18.2 Å². The van der Waals surface area contributed by atoms with Crippen LogP contribution in [-0.2, 0) is 26.0 Å². The third-order valence-electron chi connectivity index (χ3n) is 3.53. The van der Waals surface area contributed by atoms with Gasteiger partial charge in [0.1, 0.15) is 0 Å². The molecule has 2 amide bonds. The summed E-state index contributed by atoms with van der Waals surface area (Å²) in [5.41, 5.74) is 1.48. The van der Waals surface area contributed by atoms with E-state index in [1.54, 1.807) is 30.3 Å². The molecule has 0 aromatic heterocycles. The van der Waals surface area contributed by atoms with Crippen LogP contribution in [0, 0.1) is 0 Å². The van der Waals surface area contributed by atoms with Crippen molar-refractivity contribution in [1.29, 1.82) is 0 Å². The van der Waals surface area contributed by atoms with Crippen LogP contribution in [0.5, 0.6) is 0 Å². The molecule has 0 unspecified atom stereocenters. The molecule has 1 heterocycles. The molecule has 118 valence electrons. The molecule has 6 nitrogen and oxygen atoms in total. The highest BCUT2D eigenvalue weighted by atomic mass is 32.2. The number of carbonyl (C=O) groups is 2. The minimum atomic E-state index is -3.69. The Kier molecular flexibility index (Phi) is 3.65. The van der Waals surface area contributed by atoms with Gasteiger partial charge in [0.15, 0.2) is 0 Å². The van der Waals surface area contributed by atoms with Gasteiger partial charge in [0.25, 0.3) is 10.0 Å². The Morgan fingerprint density at radius 2 is 1.83 bits per heavy atom. The first-order valence-electron chi connectivity index (χ1n) is 6.93. The molecular formula is C16H14N2O4S. The number of anilines is 2. The maximum Gasteiger partial charge on any atom is 0.261 e. The van der Waals surface area contributed by atoms with Crippen LogP contribution in [0.3, 0.4) is 0 Å². The molecule has 1 aliphatic rings. The maximum atomic E-state index is 12.3. The Morgan fingerprint density at radius 1 is 1.13 bits per heavy atom. The average Bonchev–Trinajstić information content (AvgIpc) is 2.83. The van der Waals surface area contributed by atoms with E-state index in [4.69, 9.17) is 0 Å². The largest absolute Gasteiger partial charge is 0.280 e. The number of carbonyl (C=O) groups excluding carboxylic acids is 2. The molecule has 7 heteroatoms. The van der Waals surface area contributed by atoms with E-state index in [0.717, 1.165) is 4.90 Å². The Balaban J connectivity index is 1.91. The fraction of sp³-hybridized carbons (Fsp3) is 0.125. The number of hydrogen-bond donors (Lipinski definition) is 1. The summed E-state index contributed by atoms with van der Waals surface area (Å²) in [5.74, 6) is -0.665. The number of imide groups is 1. The standard InChI is InChI=1S/C16H14N2O4S/c1-11(19)18-15-8-7-13(9-12(15)10-16(18)20)17-23(21,22)14-5-3-2-4-6-14/h2-9,17H,10H2,1H3. The lowest BCUT2D eigenvalue weighted by atomic mass is 10.1. The molecule has 2 aromatic carbocycles. The minimum Gasteiger partial charge on any atom is -0.280 e. The van der Waals surface area contributed by atoms with Gasteiger partial charge in [0.2, 0.25) is 11.8 Å². The minimum absolute atomic E-state index is 0.0792. The van der Waals surface area contributed by atoms with Crippen LogP contribution in [0.15, 0.2) is 53.4 Å². The fourth-order valence-electron chi connectivity index (χ4n) is 2.54. The average molecular weight is 330 g/mol. The van der Waals surface area contributed by atoms with E-state index in [-0.39, 0.29) is 23.1 Å². The van der Waals surface area contributed by atoms with Crippen LogP contribution < -0.4 is 9.62 Å². The summed E-state index contributed by atoms with van der Waals surface area (Å²) in [7, 11) is -3.69. The third-order valence-corrected chi connectivity index (χ3v) is 4.93. The van der Waals surface area contributed by atoms with Crippen molar-refractivity contribution in [3.8, 4) is 0 Å². The van der Waals surface area contributed by atoms with Crippen LogP contribution in [0.2, 0.25) is 0 Å². The maximum absolute atomic E-state index is 12.3. The predicted molar refractivity (Wildman–Crippen MR) is 85.6 cm³/mol. The highest BCUT2D eigenvalue weighted by molar-refractivity contribution is 7.92. The van der Waals surface area contributed by atoms with E-state index in [1.807, 2.05) is 0 Å². The fourth-order valence-corrected chi connectivity index (χ4v) is 3.61. The summed E-state index contributed by atoms with van der Waals surface area (Å²) in [4.78, 5) is 24.6. The Bertz CT molecular complexity index is 892. The van der Waals surface area contributed by atoms with E-state index < -0.39 is 10.0 Å². The molecule has 0 saturated heterocycles. The number of sulfonamides is 1. The number of fused-ring (bicyclic) bond motifs is 1. The lowest BCUT2D eigenvalue weighted by molar-refractivity contribution is -0.124. The molecule has 0 atom stereocenters. The van der Waals surface area contributed by atoms with Gasteiger partial charge in [-0.2, -0.15) is 0 Å². The first-order chi connectivity index (χ1) is 10.9. The lowest BCUT2D eigenvalue weighted by Gasteiger charge is -2.13. The zero-order valence-corrected chi connectivity index (χ0v) is 13.1. The Morgan fingerprint density at radius 3 is 2.48 bits per heavy atom. The molecule has 0 fully saturated rings. The second kappa shape index (κ2) is 5.51. The zero-order valence-electron chi connectivity index (χ0n) is 12.3. The summed E-state index contributed by atoms with van der Waals surface area (Å²) in [5, 5.41) is 0. The number of amides is 2. The number of benzene rings is 2. The van der Waals surface area contributed by atoms with Gasteiger partial charge in [-0.15, -0.1) is 0 Å². The summed E-state index contributed by atoms with van der Waals surface area (Å²) in [6, 6.07) is 12.7. The highest BCUT2D eigenvalue weighted by Gasteiger charge is 2.30. The van der Waals surface area contributed by atoms with Crippen molar-refractivity contribution in [2.75, 3.05) is 9.62 Å². The molecule has 0 spiro atoms. The molecule has 1 N–H and O–H groups in total. The summed E-state index contributed by atoms with van der Waals surface area (Å²) in [6.45, 7) is 1.32. The second-order valence-electron chi connectivity index (χ2n) is 5.19.